The normalized spacial score (nSPS) is 11.5. The standard InChI is InChI=1S/C10H8ClNO2S/c11-15(13,14)10-5-3-4-9(8-10)12-6-1-2-7-12/h1-8H. The number of halogens is 1. The number of aromatic nitrogens is 1. The first-order valence-electron chi connectivity index (χ1n) is 4.25. The molecule has 0 aliphatic rings. The summed E-state index contributed by atoms with van der Waals surface area (Å²) in [7, 11) is 1.60. The third-order valence-corrected chi connectivity index (χ3v) is 3.35. The van der Waals surface area contributed by atoms with Crippen LogP contribution < -0.4 is 0 Å². The quantitative estimate of drug-likeness (QED) is 0.758. The summed E-state index contributed by atoms with van der Waals surface area (Å²) in [6.07, 6.45) is 3.67. The molecule has 2 aromatic rings. The minimum Gasteiger partial charge on any atom is -0.324 e. The lowest BCUT2D eigenvalue weighted by molar-refractivity contribution is 0.609. The van der Waals surface area contributed by atoms with E-state index in [0.717, 1.165) is 5.69 Å². The second-order valence-electron chi connectivity index (χ2n) is 3.03. The van der Waals surface area contributed by atoms with Crippen LogP contribution in [-0.4, -0.2) is 13.0 Å². The molecule has 0 aliphatic heterocycles. The second kappa shape index (κ2) is 3.72. The first-order chi connectivity index (χ1) is 7.07. The third kappa shape index (κ3) is 2.22. The Kier molecular flexibility index (Phi) is 2.54. The van der Waals surface area contributed by atoms with Gasteiger partial charge in [-0.15, -0.1) is 0 Å². The highest BCUT2D eigenvalue weighted by Crippen LogP contribution is 2.18. The molecule has 2 rings (SSSR count). The van der Waals surface area contributed by atoms with E-state index in [2.05, 4.69) is 0 Å². The van der Waals surface area contributed by atoms with E-state index in [9.17, 15) is 8.42 Å². The molecule has 0 radical (unpaired) electrons. The minimum atomic E-state index is -3.66. The summed E-state index contributed by atoms with van der Waals surface area (Å²) in [6.45, 7) is 0. The van der Waals surface area contributed by atoms with Gasteiger partial charge in [0, 0.05) is 28.8 Å². The van der Waals surface area contributed by atoms with Crippen molar-refractivity contribution in [2.45, 2.75) is 4.90 Å². The Labute approximate surface area is 92.3 Å². The van der Waals surface area contributed by atoms with Crippen LogP contribution in [0.3, 0.4) is 0 Å². The van der Waals surface area contributed by atoms with E-state index < -0.39 is 9.05 Å². The predicted octanol–water partition coefficient (Wildman–Crippen LogP) is 2.40. The molecule has 0 saturated heterocycles. The molecule has 0 fully saturated rings. The molecule has 0 amide bonds. The SMILES string of the molecule is O=S(=O)(Cl)c1cccc(-n2cccc2)c1. The lowest BCUT2D eigenvalue weighted by Gasteiger charge is -2.03. The monoisotopic (exact) mass is 241 g/mol. The molecule has 5 heteroatoms. The van der Waals surface area contributed by atoms with Gasteiger partial charge < -0.3 is 4.57 Å². The number of nitrogens with zero attached hydrogens (tertiary/aromatic N) is 1. The molecule has 0 N–H and O–H groups in total. The fraction of sp³-hybridized carbons (Fsp3) is 0. The molecule has 0 unspecified atom stereocenters. The first-order valence-corrected chi connectivity index (χ1v) is 6.56. The Morgan fingerprint density at radius 1 is 1.07 bits per heavy atom. The van der Waals surface area contributed by atoms with Crippen LogP contribution in [-0.2, 0) is 9.05 Å². The molecular formula is C10H8ClNO2S. The first kappa shape index (κ1) is 10.3. The third-order valence-electron chi connectivity index (χ3n) is 2.00. The average molecular weight is 242 g/mol. The van der Waals surface area contributed by atoms with E-state index in [1.807, 2.05) is 35.2 Å². The minimum absolute atomic E-state index is 0.107. The van der Waals surface area contributed by atoms with E-state index in [0.29, 0.717) is 0 Å². The average Bonchev–Trinajstić information content (AvgIpc) is 2.69. The van der Waals surface area contributed by atoms with Gasteiger partial charge in [-0.2, -0.15) is 0 Å². The van der Waals surface area contributed by atoms with Crippen molar-refractivity contribution < 1.29 is 8.42 Å². The van der Waals surface area contributed by atoms with Crippen LogP contribution in [0.5, 0.6) is 0 Å². The van der Waals surface area contributed by atoms with Gasteiger partial charge >= 0.3 is 0 Å². The lowest BCUT2D eigenvalue weighted by atomic mass is 10.3. The molecule has 1 aromatic carbocycles. The molecule has 0 aliphatic carbocycles. The lowest BCUT2D eigenvalue weighted by Crippen LogP contribution is -1.94. The smallest absolute Gasteiger partial charge is 0.261 e. The molecule has 0 spiro atoms. The fourth-order valence-electron chi connectivity index (χ4n) is 1.30. The van der Waals surface area contributed by atoms with Gasteiger partial charge in [0.2, 0.25) is 0 Å². The van der Waals surface area contributed by atoms with Crippen LogP contribution in [0.2, 0.25) is 0 Å². The van der Waals surface area contributed by atoms with Crippen molar-refractivity contribution in [2.24, 2.45) is 0 Å². The van der Waals surface area contributed by atoms with Crippen molar-refractivity contribution in [1.29, 1.82) is 0 Å². The molecule has 1 heterocycles. The highest BCUT2D eigenvalue weighted by molar-refractivity contribution is 8.13. The van der Waals surface area contributed by atoms with Crippen molar-refractivity contribution in [3.05, 3.63) is 48.8 Å². The Morgan fingerprint density at radius 2 is 1.73 bits per heavy atom. The molecule has 3 nitrogen and oxygen atoms in total. The van der Waals surface area contributed by atoms with E-state index >= 15 is 0 Å². The Bertz CT molecular complexity index is 561. The van der Waals surface area contributed by atoms with Gasteiger partial charge in [0.1, 0.15) is 0 Å². The van der Waals surface area contributed by atoms with Crippen molar-refractivity contribution in [3.63, 3.8) is 0 Å². The summed E-state index contributed by atoms with van der Waals surface area (Å²) in [4.78, 5) is 0.107. The zero-order valence-electron chi connectivity index (χ0n) is 7.67. The maximum Gasteiger partial charge on any atom is 0.261 e. The van der Waals surface area contributed by atoms with Crippen LogP contribution in [0.1, 0.15) is 0 Å². The Morgan fingerprint density at radius 3 is 2.33 bits per heavy atom. The van der Waals surface area contributed by atoms with Crippen LogP contribution in [0.15, 0.2) is 53.7 Å². The molecule has 0 saturated carbocycles. The zero-order valence-corrected chi connectivity index (χ0v) is 9.24. The van der Waals surface area contributed by atoms with Crippen molar-refractivity contribution in [2.75, 3.05) is 0 Å². The highest BCUT2D eigenvalue weighted by atomic mass is 35.7. The predicted molar refractivity (Wildman–Crippen MR) is 58.8 cm³/mol. The van der Waals surface area contributed by atoms with E-state index in [1.165, 1.54) is 12.1 Å². The van der Waals surface area contributed by atoms with Gasteiger partial charge in [-0.1, -0.05) is 6.07 Å². The highest BCUT2D eigenvalue weighted by Gasteiger charge is 2.09. The van der Waals surface area contributed by atoms with Crippen molar-refractivity contribution in [1.82, 2.24) is 4.57 Å². The summed E-state index contributed by atoms with van der Waals surface area (Å²) in [5.41, 5.74) is 0.765. The van der Waals surface area contributed by atoms with E-state index in [-0.39, 0.29) is 4.90 Å². The number of hydrogen-bond acceptors (Lipinski definition) is 2. The maximum absolute atomic E-state index is 11.1. The van der Waals surface area contributed by atoms with Crippen molar-refractivity contribution >= 4 is 19.7 Å². The zero-order chi connectivity index (χ0) is 10.9. The van der Waals surface area contributed by atoms with Crippen molar-refractivity contribution in [3.8, 4) is 5.69 Å². The molecule has 0 bridgehead atoms. The summed E-state index contributed by atoms with van der Waals surface area (Å²) in [5, 5.41) is 0. The van der Waals surface area contributed by atoms with Gasteiger partial charge in [-0.3, -0.25) is 0 Å². The second-order valence-corrected chi connectivity index (χ2v) is 5.59. The maximum atomic E-state index is 11.1. The summed E-state index contributed by atoms with van der Waals surface area (Å²) < 4.78 is 24.0. The molecule has 15 heavy (non-hydrogen) atoms. The van der Waals surface area contributed by atoms with Gasteiger partial charge in [-0.05, 0) is 30.3 Å². The fourth-order valence-corrected chi connectivity index (χ4v) is 2.09. The van der Waals surface area contributed by atoms with E-state index in [1.54, 1.807) is 6.07 Å². The number of rotatable bonds is 2. The summed E-state index contributed by atoms with van der Waals surface area (Å²) in [5.74, 6) is 0. The molecule has 0 atom stereocenters. The Balaban J connectivity index is 2.53. The van der Waals surface area contributed by atoms with Gasteiger partial charge in [0.05, 0.1) is 4.90 Å². The molecular weight excluding hydrogens is 234 g/mol. The van der Waals surface area contributed by atoms with Gasteiger partial charge in [0.25, 0.3) is 9.05 Å². The summed E-state index contributed by atoms with van der Waals surface area (Å²) in [6, 6.07) is 10.2. The molecule has 78 valence electrons. The Hall–Kier alpha value is -1.26. The largest absolute Gasteiger partial charge is 0.324 e. The van der Waals surface area contributed by atoms with E-state index in [4.69, 9.17) is 10.7 Å². The van der Waals surface area contributed by atoms with Gasteiger partial charge in [0.15, 0.2) is 0 Å². The topological polar surface area (TPSA) is 39.1 Å². The summed E-state index contributed by atoms with van der Waals surface area (Å²) >= 11 is 0. The van der Waals surface area contributed by atoms with Gasteiger partial charge in [-0.25, -0.2) is 8.42 Å². The number of benzene rings is 1. The van der Waals surface area contributed by atoms with Crippen LogP contribution in [0.4, 0.5) is 0 Å². The molecule has 1 aromatic heterocycles. The number of hydrogen-bond donors (Lipinski definition) is 0. The van der Waals surface area contributed by atoms with Crippen LogP contribution in [0, 0.1) is 0 Å². The van der Waals surface area contributed by atoms with Crippen LogP contribution >= 0.6 is 10.7 Å². The van der Waals surface area contributed by atoms with Crippen LogP contribution in [0.25, 0.3) is 5.69 Å².